The number of nitrogens with zero attached hydrogens (tertiary/aromatic N) is 1. The van der Waals surface area contributed by atoms with Crippen molar-refractivity contribution in [3.63, 3.8) is 0 Å². The molecule has 1 fully saturated rings. The molecule has 122 valence electrons. The highest BCUT2D eigenvalue weighted by Gasteiger charge is 2.23. The summed E-state index contributed by atoms with van der Waals surface area (Å²) in [6.07, 6.45) is 2.48. The zero-order valence-electron chi connectivity index (χ0n) is 12.7. The van der Waals surface area contributed by atoms with E-state index in [1.807, 2.05) is 0 Å². The molecule has 4 nitrogen and oxygen atoms in total. The molecule has 0 bridgehead atoms. The SMILES string of the molecule is CCN(Cc1c(F)cccc1F)C(=O)NC1CCC(O)CC1. The molecule has 6 heteroatoms. The Balaban J connectivity index is 1.97. The van der Waals surface area contributed by atoms with Crippen LogP contribution in [0.5, 0.6) is 0 Å². The third-order valence-corrected chi connectivity index (χ3v) is 4.10. The molecule has 0 heterocycles. The first-order valence-corrected chi connectivity index (χ1v) is 7.67. The van der Waals surface area contributed by atoms with Crippen molar-refractivity contribution < 1.29 is 18.7 Å². The van der Waals surface area contributed by atoms with Crippen LogP contribution < -0.4 is 5.32 Å². The number of halogens is 2. The lowest BCUT2D eigenvalue weighted by Crippen LogP contribution is -2.46. The van der Waals surface area contributed by atoms with E-state index in [0.29, 0.717) is 19.4 Å². The van der Waals surface area contributed by atoms with Gasteiger partial charge in [0.05, 0.1) is 12.6 Å². The van der Waals surface area contributed by atoms with E-state index in [1.54, 1.807) is 6.92 Å². The molecule has 22 heavy (non-hydrogen) atoms. The van der Waals surface area contributed by atoms with Crippen LogP contribution in [0.2, 0.25) is 0 Å². The smallest absolute Gasteiger partial charge is 0.317 e. The summed E-state index contributed by atoms with van der Waals surface area (Å²) in [5.74, 6) is -1.29. The van der Waals surface area contributed by atoms with Crippen LogP contribution >= 0.6 is 0 Å². The van der Waals surface area contributed by atoms with Gasteiger partial charge in [0.15, 0.2) is 0 Å². The molecule has 0 unspecified atom stereocenters. The lowest BCUT2D eigenvalue weighted by molar-refractivity contribution is 0.115. The lowest BCUT2D eigenvalue weighted by atomic mass is 9.93. The maximum absolute atomic E-state index is 13.7. The van der Waals surface area contributed by atoms with E-state index < -0.39 is 11.6 Å². The van der Waals surface area contributed by atoms with Gasteiger partial charge in [-0.05, 0) is 44.7 Å². The second-order valence-electron chi connectivity index (χ2n) is 5.67. The van der Waals surface area contributed by atoms with Crippen molar-refractivity contribution in [2.45, 2.75) is 51.3 Å². The van der Waals surface area contributed by atoms with Crippen LogP contribution in [0.3, 0.4) is 0 Å². The van der Waals surface area contributed by atoms with Crippen molar-refractivity contribution in [2.75, 3.05) is 6.54 Å². The van der Waals surface area contributed by atoms with Crippen molar-refractivity contribution in [3.05, 3.63) is 35.4 Å². The van der Waals surface area contributed by atoms with Crippen molar-refractivity contribution in [3.8, 4) is 0 Å². The molecular formula is C16H22F2N2O2. The van der Waals surface area contributed by atoms with Gasteiger partial charge in [-0.25, -0.2) is 13.6 Å². The van der Waals surface area contributed by atoms with E-state index in [2.05, 4.69) is 5.32 Å². The van der Waals surface area contributed by atoms with E-state index in [-0.39, 0.29) is 30.3 Å². The fourth-order valence-corrected chi connectivity index (χ4v) is 2.69. The largest absolute Gasteiger partial charge is 0.393 e. The molecule has 1 aliphatic carbocycles. The van der Waals surface area contributed by atoms with Gasteiger partial charge < -0.3 is 15.3 Å². The number of amides is 2. The number of aliphatic hydroxyl groups is 1. The molecule has 0 aromatic heterocycles. The first kappa shape index (κ1) is 16.7. The minimum atomic E-state index is -0.646. The molecule has 1 aromatic carbocycles. The molecule has 1 aliphatic rings. The van der Waals surface area contributed by atoms with Crippen LogP contribution in [0.4, 0.5) is 13.6 Å². The van der Waals surface area contributed by atoms with Gasteiger partial charge in [0.2, 0.25) is 0 Å². The van der Waals surface area contributed by atoms with Gasteiger partial charge in [0, 0.05) is 18.2 Å². The van der Waals surface area contributed by atoms with Crippen LogP contribution in [-0.2, 0) is 6.54 Å². The number of rotatable bonds is 4. The first-order chi connectivity index (χ1) is 10.5. The molecule has 0 spiro atoms. The van der Waals surface area contributed by atoms with Crippen LogP contribution in [0.1, 0.15) is 38.2 Å². The molecular weight excluding hydrogens is 290 g/mol. The van der Waals surface area contributed by atoms with Crippen molar-refractivity contribution in [1.29, 1.82) is 0 Å². The van der Waals surface area contributed by atoms with Crippen LogP contribution in [-0.4, -0.2) is 34.7 Å². The number of nitrogens with one attached hydrogen (secondary N) is 1. The Labute approximate surface area is 129 Å². The first-order valence-electron chi connectivity index (χ1n) is 7.67. The Morgan fingerprint density at radius 2 is 1.86 bits per heavy atom. The summed E-state index contributed by atoms with van der Waals surface area (Å²) in [5, 5.41) is 12.3. The number of urea groups is 1. The Hall–Kier alpha value is -1.69. The maximum atomic E-state index is 13.7. The van der Waals surface area contributed by atoms with Gasteiger partial charge in [0.1, 0.15) is 11.6 Å². The van der Waals surface area contributed by atoms with Crippen LogP contribution in [0.15, 0.2) is 18.2 Å². The monoisotopic (exact) mass is 312 g/mol. The standard InChI is InChI=1S/C16H22F2N2O2/c1-2-20(10-13-14(17)4-3-5-15(13)18)16(22)19-11-6-8-12(21)9-7-11/h3-5,11-12,21H,2,6-10H2,1H3,(H,19,22). The molecule has 1 aromatic rings. The molecule has 1 saturated carbocycles. The van der Waals surface area contributed by atoms with Crippen LogP contribution in [0, 0.1) is 11.6 Å². The van der Waals surface area contributed by atoms with Crippen molar-refractivity contribution >= 4 is 6.03 Å². The number of hydrogen-bond donors (Lipinski definition) is 2. The highest BCUT2D eigenvalue weighted by Crippen LogP contribution is 2.19. The summed E-state index contributed by atoms with van der Waals surface area (Å²) in [4.78, 5) is 13.6. The molecule has 0 saturated heterocycles. The number of carbonyl (C=O) groups excluding carboxylic acids is 1. The summed E-state index contributed by atoms with van der Waals surface area (Å²) in [6.45, 7) is 2.02. The third kappa shape index (κ3) is 4.16. The normalized spacial score (nSPS) is 21.5. The van der Waals surface area contributed by atoms with E-state index in [9.17, 15) is 18.7 Å². The Kier molecular flexibility index (Phi) is 5.71. The zero-order chi connectivity index (χ0) is 16.1. The molecule has 0 radical (unpaired) electrons. The fraction of sp³-hybridized carbons (Fsp3) is 0.562. The summed E-state index contributed by atoms with van der Waals surface area (Å²) in [5.41, 5.74) is -0.0985. The van der Waals surface area contributed by atoms with Gasteiger partial charge in [0.25, 0.3) is 0 Å². The zero-order valence-corrected chi connectivity index (χ0v) is 12.7. The minimum Gasteiger partial charge on any atom is -0.393 e. The molecule has 2 amide bonds. The number of carbonyl (C=O) groups is 1. The van der Waals surface area contributed by atoms with E-state index in [4.69, 9.17) is 0 Å². The molecule has 0 atom stereocenters. The average molecular weight is 312 g/mol. The van der Waals surface area contributed by atoms with E-state index in [0.717, 1.165) is 12.8 Å². The number of hydrogen-bond acceptors (Lipinski definition) is 2. The summed E-state index contributed by atoms with van der Waals surface area (Å²) in [7, 11) is 0. The second-order valence-corrected chi connectivity index (χ2v) is 5.67. The van der Waals surface area contributed by atoms with Crippen LogP contribution in [0.25, 0.3) is 0 Å². The quantitative estimate of drug-likeness (QED) is 0.898. The topological polar surface area (TPSA) is 52.6 Å². The Morgan fingerprint density at radius 3 is 2.41 bits per heavy atom. The van der Waals surface area contributed by atoms with Gasteiger partial charge in [-0.1, -0.05) is 6.07 Å². The third-order valence-electron chi connectivity index (χ3n) is 4.10. The van der Waals surface area contributed by atoms with Crippen molar-refractivity contribution in [2.24, 2.45) is 0 Å². The number of benzene rings is 1. The van der Waals surface area contributed by atoms with Gasteiger partial charge >= 0.3 is 6.03 Å². The summed E-state index contributed by atoms with van der Waals surface area (Å²) in [6, 6.07) is 3.36. The van der Waals surface area contributed by atoms with E-state index in [1.165, 1.54) is 23.1 Å². The van der Waals surface area contributed by atoms with E-state index >= 15 is 0 Å². The minimum absolute atomic E-state index is 0.00965. The molecule has 2 N–H and O–H groups in total. The van der Waals surface area contributed by atoms with Gasteiger partial charge in [-0.15, -0.1) is 0 Å². The van der Waals surface area contributed by atoms with Gasteiger partial charge in [-0.3, -0.25) is 0 Å². The highest BCUT2D eigenvalue weighted by atomic mass is 19.1. The number of aliphatic hydroxyl groups excluding tert-OH is 1. The predicted molar refractivity (Wildman–Crippen MR) is 79.2 cm³/mol. The average Bonchev–Trinajstić information content (AvgIpc) is 2.49. The fourth-order valence-electron chi connectivity index (χ4n) is 2.69. The Bertz CT molecular complexity index is 497. The molecule has 0 aliphatic heterocycles. The lowest BCUT2D eigenvalue weighted by Gasteiger charge is -2.29. The second kappa shape index (κ2) is 7.54. The summed E-state index contributed by atoms with van der Waals surface area (Å²) >= 11 is 0. The Morgan fingerprint density at radius 1 is 1.27 bits per heavy atom. The van der Waals surface area contributed by atoms with Gasteiger partial charge in [-0.2, -0.15) is 0 Å². The highest BCUT2D eigenvalue weighted by molar-refractivity contribution is 5.74. The predicted octanol–water partition coefficient (Wildman–Crippen LogP) is 2.80. The maximum Gasteiger partial charge on any atom is 0.317 e. The van der Waals surface area contributed by atoms with Crippen molar-refractivity contribution in [1.82, 2.24) is 10.2 Å². The molecule has 2 rings (SSSR count). The summed E-state index contributed by atoms with van der Waals surface area (Å²) < 4.78 is 27.4.